The van der Waals surface area contributed by atoms with Crippen molar-refractivity contribution in [2.75, 3.05) is 26.2 Å². The monoisotopic (exact) mass is 360 g/mol. The van der Waals surface area contributed by atoms with Gasteiger partial charge in [0.15, 0.2) is 0 Å². The van der Waals surface area contributed by atoms with Crippen LogP contribution in [0.5, 0.6) is 0 Å². The molecule has 1 N–H and O–H groups in total. The molecule has 0 unspecified atom stereocenters. The van der Waals surface area contributed by atoms with Crippen LogP contribution in [0.15, 0.2) is 29.2 Å². The second-order valence-corrected chi connectivity index (χ2v) is 8.46. The first-order chi connectivity index (χ1) is 12.2. The highest BCUT2D eigenvalue weighted by Gasteiger charge is 2.47. The van der Waals surface area contributed by atoms with Gasteiger partial charge in [0.25, 0.3) is 0 Å². The smallest absolute Gasteiger partial charge is 0.122 e. The third-order valence-electron chi connectivity index (χ3n) is 6.19. The molecule has 6 heteroatoms. The van der Waals surface area contributed by atoms with Gasteiger partial charge < -0.3 is 9.67 Å². The van der Waals surface area contributed by atoms with Gasteiger partial charge in [-0.25, -0.2) is 4.98 Å². The first-order valence-electron chi connectivity index (χ1n) is 9.25. The number of hydrogen-bond donors (Lipinski definition) is 1. The summed E-state index contributed by atoms with van der Waals surface area (Å²) in [6.45, 7) is 5.44. The van der Waals surface area contributed by atoms with E-state index < -0.39 is 0 Å². The van der Waals surface area contributed by atoms with Gasteiger partial charge in [-0.3, -0.25) is 9.80 Å². The van der Waals surface area contributed by atoms with Crippen LogP contribution in [0.4, 0.5) is 0 Å². The zero-order valence-corrected chi connectivity index (χ0v) is 15.8. The molecule has 2 aromatic heterocycles. The van der Waals surface area contributed by atoms with E-state index in [-0.39, 0.29) is 5.41 Å². The molecule has 5 nitrogen and oxygen atoms in total. The van der Waals surface area contributed by atoms with Gasteiger partial charge in [0.1, 0.15) is 5.82 Å². The Morgan fingerprint density at radius 1 is 1.32 bits per heavy atom. The van der Waals surface area contributed by atoms with Crippen LogP contribution in [-0.2, 0) is 20.1 Å². The van der Waals surface area contributed by atoms with E-state index in [1.165, 1.54) is 12.0 Å². The van der Waals surface area contributed by atoms with Crippen molar-refractivity contribution in [1.29, 1.82) is 0 Å². The molecule has 0 bridgehead atoms. The van der Waals surface area contributed by atoms with Gasteiger partial charge in [-0.05, 0) is 54.7 Å². The van der Waals surface area contributed by atoms with E-state index in [4.69, 9.17) is 0 Å². The summed E-state index contributed by atoms with van der Waals surface area (Å²) in [4.78, 5) is 9.66. The van der Waals surface area contributed by atoms with Gasteiger partial charge in [0.05, 0.1) is 13.2 Å². The minimum absolute atomic E-state index is 0.0640. The summed E-state index contributed by atoms with van der Waals surface area (Å²) in [5, 5.41) is 14.7. The number of nitrogens with zero attached hydrogens (tertiary/aromatic N) is 4. The summed E-state index contributed by atoms with van der Waals surface area (Å²) in [6.07, 6.45) is 7.31. The maximum absolute atomic E-state index is 10.3. The average Bonchev–Trinajstić information content (AvgIpc) is 3.28. The van der Waals surface area contributed by atoms with Crippen LogP contribution in [0.25, 0.3) is 0 Å². The molecule has 0 aliphatic carbocycles. The van der Waals surface area contributed by atoms with Gasteiger partial charge in [0, 0.05) is 44.0 Å². The minimum atomic E-state index is 0.0640. The fraction of sp³-hybridized carbons (Fsp3) is 0.632. The van der Waals surface area contributed by atoms with Crippen molar-refractivity contribution >= 4 is 11.3 Å². The van der Waals surface area contributed by atoms with E-state index in [1.807, 2.05) is 12.4 Å². The van der Waals surface area contributed by atoms with Crippen LogP contribution in [0.1, 0.15) is 30.7 Å². The lowest BCUT2D eigenvalue weighted by atomic mass is 9.69. The molecule has 2 atom stereocenters. The Bertz CT molecular complexity index is 685. The minimum Gasteiger partial charge on any atom is -0.396 e. The Hall–Kier alpha value is -1.21. The third kappa shape index (κ3) is 3.40. The van der Waals surface area contributed by atoms with Crippen molar-refractivity contribution in [3.63, 3.8) is 0 Å². The van der Waals surface area contributed by atoms with E-state index >= 15 is 0 Å². The fourth-order valence-electron chi connectivity index (χ4n) is 4.63. The van der Waals surface area contributed by atoms with Crippen molar-refractivity contribution in [2.24, 2.45) is 12.5 Å². The lowest BCUT2D eigenvalue weighted by molar-refractivity contribution is -0.0817. The zero-order chi connectivity index (χ0) is 17.3. The van der Waals surface area contributed by atoms with Crippen LogP contribution in [0.2, 0.25) is 0 Å². The number of fused-ring (bicyclic) bond motifs is 1. The molecule has 25 heavy (non-hydrogen) atoms. The highest BCUT2D eigenvalue weighted by Crippen LogP contribution is 2.42. The summed E-state index contributed by atoms with van der Waals surface area (Å²) in [7, 11) is 2.06. The molecule has 0 radical (unpaired) electrons. The Morgan fingerprint density at radius 3 is 2.96 bits per heavy atom. The van der Waals surface area contributed by atoms with Crippen LogP contribution >= 0.6 is 11.3 Å². The second kappa shape index (κ2) is 7.19. The normalized spacial score (nSPS) is 28.2. The number of thiophene rings is 1. The van der Waals surface area contributed by atoms with E-state index in [9.17, 15) is 5.11 Å². The first kappa shape index (κ1) is 17.2. The molecule has 2 aromatic rings. The molecule has 0 spiro atoms. The Balaban J connectivity index is 1.52. The number of aromatic nitrogens is 2. The summed E-state index contributed by atoms with van der Waals surface area (Å²) in [5.74, 6) is 1.11. The number of imidazole rings is 1. The SMILES string of the molecule is Cn1ccnc1CN1CCC[C@]2(CO)CCN(Cc3ccsc3)C[C@@H]12. The number of hydrogen-bond acceptors (Lipinski definition) is 5. The van der Waals surface area contributed by atoms with Crippen molar-refractivity contribution in [3.05, 3.63) is 40.6 Å². The molecule has 0 saturated carbocycles. The molecule has 2 aliphatic heterocycles. The molecule has 4 heterocycles. The number of rotatable bonds is 5. The molecule has 2 aliphatic rings. The van der Waals surface area contributed by atoms with Crippen LogP contribution < -0.4 is 0 Å². The second-order valence-electron chi connectivity index (χ2n) is 7.68. The summed E-state index contributed by atoms with van der Waals surface area (Å²) in [6, 6.07) is 2.64. The van der Waals surface area contributed by atoms with Gasteiger partial charge in [-0.1, -0.05) is 0 Å². The fourth-order valence-corrected chi connectivity index (χ4v) is 5.29. The number of piperidine rings is 2. The highest BCUT2D eigenvalue weighted by molar-refractivity contribution is 7.07. The van der Waals surface area contributed by atoms with E-state index in [1.54, 1.807) is 11.3 Å². The standard InChI is InChI=1S/C19H28N4OS/c1-21-9-6-20-18(21)13-23-7-2-4-19(15-24)5-8-22(12-17(19)23)11-16-3-10-25-14-16/h3,6,9-10,14,17,24H,2,4-5,7-8,11-13,15H2,1H3/t17-,19-/m1/s1. The number of aliphatic hydroxyl groups excluding tert-OH is 1. The molecular formula is C19H28N4OS. The average molecular weight is 361 g/mol. The molecule has 2 saturated heterocycles. The van der Waals surface area contributed by atoms with Gasteiger partial charge in [-0.15, -0.1) is 0 Å². The van der Waals surface area contributed by atoms with Gasteiger partial charge in [-0.2, -0.15) is 11.3 Å². The predicted octanol–water partition coefficient (Wildman–Crippen LogP) is 2.33. The van der Waals surface area contributed by atoms with Crippen molar-refractivity contribution in [1.82, 2.24) is 19.4 Å². The van der Waals surface area contributed by atoms with Crippen LogP contribution in [0, 0.1) is 5.41 Å². The maximum atomic E-state index is 10.3. The lowest BCUT2D eigenvalue weighted by Gasteiger charge is -2.54. The van der Waals surface area contributed by atoms with Crippen molar-refractivity contribution in [3.8, 4) is 0 Å². The maximum Gasteiger partial charge on any atom is 0.122 e. The summed E-state index contributed by atoms with van der Waals surface area (Å²) >= 11 is 1.77. The molecular weight excluding hydrogens is 332 g/mol. The van der Waals surface area contributed by atoms with Crippen LogP contribution in [-0.4, -0.2) is 56.7 Å². The first-order valence-corrected chi connectivity index (χ1v) is 10.2. The van der Waals surface area contributed by atoms with Crippen molar-refractivity contribution in [2.45, 2.75) is 38.4 Å². The number of aryl methyl sites for hydroxylation is 1. The highest BCUT2D eigenvalue weighted by atomic mass is 32.1. The number of likely N-dealkylation sites (tertiary alicyclic amines) is 2. The molecule has 2 fully saturated rings. The van der Waals surface area contributed by atoms with Crippen molar-refractivity contribution < 1.29 is 5.11 Å². The van der Waals surface area contributed by atoms with Gasteiger partial charge in [0.2, 0.25) is 0 Å². The predicted molar refractivity (Wildman–Crippen MR) is 100 cm³/mol. The Kier molecular flexibility index (Phi) is 4.95. The molecule has 4 rings (SSSR count). The van der Waals surface area contributed by atoms with Gasteiger partial charge >= 0.3 is 0 Å². The largest absolute Gasteiger partial charge is 0.396 e. The van der Waals surface area contributed by atoms with E-state index in [0.29, 0.717) is 12.6 Å². The lowest BCUT2D eigenvalue weighted by Crippen LogP contribution is -2.62. The summed E-state index contributed by atoms with van der Waals surface area (Å²) < 4.78 is 2.11. The Morgan fingerprint density at radius 2 is 2.24 bits per heavy atom. The molecule has 136 valence electrons. The van der Waals surface area contributed by atoms with E-state index in [2.05, 4.69) is 43.2 Å². The Labute approximate surface area is 153 Å². The number of aliphatic hydroxyl groups is 1. The topological polar surface area (TPSA) is 44.5 Å². The molecule has 0 aromatic carbocycles. The summed E-state index contributed by atoms with van der Waals surface area (Å²) in [5.41, 5.74) is 1.47. The van der Waals surface area contributed by atoms with E-state index in [0.717, 1.165) is 51.4 Å². The van der Waals surface area contributed by atoms with Crippen LogP contribution in [0.3, 0.4) is 0 Å². The molecule has 0 amide bonds. The third-order valence-corrected chi connectivity index (χ3v) is 6.92. The zero-order valence-electron chi connectivity index (χ0n) is 15.0. The quantitative estimate of drug-likeness (QED) is 0.889.